The molecule has 0 saturated heterocycles. The van der Waals surface area contributed by atoms with Gasteiger partial charge in [0.25, 0.3) is 0 Å². The molecule has 2 aromatic rings. The number of rotatable bonds is 3. The molecule has 0 fully saturated rings. The van der Waals surface area contributed by atoms with E-state index in [4.69, 9.17) is 0 Å². The van der Waals surface area contributed by atoms with Crippen molar-refractivity contribution < 1.29 is 4.21 Å². The summed E-state index contributed by atoms with van der Waals surface area (Å²) in [6.07, 6.45) is 0. The third-order valence-corrected chi connectivity index (χ3v) is 3.95. The lowest BCUT2D eigenvalue weighted by Crippen LogP contribution is -2.05. The highest BCUT2D eigenvalue weighted by atomic mass is 79.9. The molecule has 2 aromatic carbocycles. The summed E-state index contributed by atoms with van der Waals surface area (Å²) in [6, 6.07) is 15.2. The predicted octanol–water partition coefficient (Wildman–Crippen LogP) is 4.92. The summed E-state index contributed by atoms with van der Waals surface area (Å²) in [5.41, 5.74) is 1.94. The molecule has 0 heterocycles. The fourth-order valence-corrected chi connectivity index (χ4v) is 2.87. The van der Waals surface area contributed by atoms with E-state index in [0.717, 1.165) is 20.6 Å². The van der Waals surface area contributed by atoms with Crippen LogP contribution >= 0.6 is 15.9 Å². The molecule has 1 atom stereocenters. The van der Waals surface area contributed by atoms with Crippen molar-refractivity contribution in [3.05, 3.63) is 58.6 Å². The molecule has 0 radical (unpaired) electrons. The Kier molecular flexibility index (Phi) is 6.81. The van der Waals surface area contributed by atoms with Crippen LogP contribution in [0.2, 0.25) is 0 Å². The number of aryl methyl sites for hydroxylation is 1. The van der Waals surface area contributed by atoms with Crippen molar-refractivity contribution in [2.75, 3.05) is 4.72 Å². The second kappa shape index (κ2) is 8.12. The van der Waals surface area contributed by atoms with Crippen molar-refractivity contribution in [2.45, 2.75) is 25.7 Å². The quantitative estimate of drug-likeness (QED) is 0.844. The highest BCUT2D eigenvalue weighted by Gasteiger charge is 2.05. The monoisotopic (exact) mass is 339 g/mol. The summed E-state index contributed by atoms with van der Waals surface area (Å²) in [6.45, 7) is 5.98. The summed E-state index contributed by atoms with van der Waals surface area (Å²) in [5, 5.41) is 0. The smallest absolute Gasteiger partial charge is 0.150 e. The molecule has 1 N–H and O–H groups in total. The lowest BCUT2D eigenvalue weighted by molar-refractivity contribution is 0.686. The lowest BCUT2D eigenvalue weighted by Gasteiger charge is -2.09. The van der Waals surface area contributed by atoms with E-state index in [9.17, 15) is 4.21 Å². The molecule has 19 heavy (non-hydrogen) atoms. The van der Waals surface area contributed by atoms with E-state index in [1.54, 1.807) is 0 Å². The molecule has 4 heteroatoms. The Labute approximate surface area is 126 Å². The molecule has 0 spiro atoms. The Hall–Kier alpha value is -1.13. The van der Waals surface area contributed by atoms with Crippen molar-refractivity contribution in [3.63, 3.8) is 0 Å². The number of anilines is 1. The maximum Gasteiger partial charge on any atom is 0.150 e. The maximum atomic E-state index is 12.0. The highest BCUT2D eigenvalue weighted by molar-refractivity contribution is 9.10. The van der Waals surface area contributed by atoms with E-state index in [2.05, 4.69) is 20.7 Å². The minimum absolute atomic E-state index is 0.773. The Morgan fingerprint density at radius 3 is 2.26 bits per heavy atom. The van der Waals surface area contributed by atoms with E-state index in [-0.39, 0.29) is 0 Å². The van der Waals surface area contributed by atoms with Crippen LogP contribution in [0, 0.1) is 6.92 Å². The molecule has 0 aliphatic heterocycles. The zero-order chi connectivity index (χ0) is 14.3. The van der Waals surface area contributed by atoms with Crippen molar-refractivity contribution in [3.8, 4) is 0 Å². The van der Waals surface area contributed by atoms with Gasteiger partial charge >= 0.3 is 0 Å². The fourth-order valence-electron chi connectivity index (χ4n) is 1.44. The molecule has 2 nitrogen and oxygen atoms in total. The van der Waals surface area contributed by atoms with Gasteiger partial charge in [0.1, 0.15) is 11.0 Å². The minimum Gasteiger partial charge on any atom is -0.301 e. The van der Waals surface area contributed by atoms with E-state index in [0.29, 0.717) is 0 Å². The van der Waals surface area contributed by atoms with Gasteiger partial charge in [-0.05, 0) is 42.8 Å². The minimum atomic E-state index is -1.22. The van der Waals surface area contributed by atoms with Crippen LogP contribution < -0.4 is 4.72 Å². The van der Waals surface area contributed by atoms with Gasteiger partial charge in [0, 0.05) is 10.2 Å². The topological polar surface area (TPSA) is 29.1 Å². The first-order chi connectivity index (χ1) is 9.16. The molecule has 0 aromatic heterocycles. The van der Waals surface area contributed by atoms with Gasteiger partial charge < -0.3 is 4.72 Å². The number of halogens is 1. The third-order valence-electron chi connectivity index (χ3n) is 2.35. The molecule has 0 amide bonds. The van der Waals surface area contributed by atoms with Gasteiger partial charge in [-0.1, -0.05) is 48.0 Å². The van der Waals surface area contributed by atoms with Crippen LogP contribution in [-0.2, 0) is 11.0 Å². The number of hydrogen-bond donors (Lipinski definition) is 1. The summed E-state index contributed by atoms with van der Waals surface area (Å²) < 4.78 is 16.1. The first kappa shape index (κ1) is 15.9. The fraction of sp³-hybridized carbons (Fsp3) is 0.200. The summed E-state index contributed by atoms with van der Waals surface area (Å²) in [5.74, 6) is 0. The molecular weight excluding hydrogens is 322 g/mol. The van der Waals surface area contributed by atoms with Gasteiger partial charge in [0.05, 0.1) is 4.90 Å². The molecule has 2 rings (SSSR count). The zero-order valence-corrected chi connectivity index (χ0v) is 13.7. The van der Waals surface area contributed by atoms with Crippen LogP contribution in [0.1, 0.15) is 19.4 Å². The first-order valence-corrected chi connectivity index (χ1v) is 8.11. The van der Waals surface area contributed by atoms with Crippen LogP contribution in [0.15, 0.2) is 57.9 Å². The normalized spacial score (nSPS) is 11.2. The largest absolute Gasteiger partial charge is 0.301 e. The molecule has 0 aliphatic rings. The van der Waals surface area contributed by atoms with Gasteiger partial charge in [-0.25, -0.2) is 4.21 Å². The van der Waals surface area contributed by atoms with Crippen LogP contribution in [0.25, 0.3) is 0 Å². The van der Waals surface area contributed by atoms with Gasteiger partial charge in [-0.3, -0.25) is 0 Å². The second-order valence-corrected chi connectivity index (χ2v) is 5.77. The molecule has 0 aliphatic carbocycles. The summed E-state index contributed by atoms with van der Waals surface area (Å²) in [4.78, 5) is 0.773. The van der Waals surface area contributed by atoms with Crippen molar-refractivity contribution in [1.29, 1.82) is 0 Å². The van der Waals surface area contributed by atoms with Crippen molar-refractivity contribution in [1.82, 2.24) is 0 Å². The van der Waals surface area contributed by atoms with Gasteiger partial charge in [-0.2, -0.15) is 0 Å². The lowest BCUT2D eigenvalue weighted by atomic mass is 10.2. The van der Waals surface area contributed by atoms with E-state index >= 15 is 0 Å². The van der Waals surface area contributed by atoms with Crippen molar-refractivity contribution >= 4 is 32.6 Å². The van der Waals surface area contributed by atoms with Crippen LogP contribution in [0.4, 0.5) is 5.69 Å². The molecular formula is C15H18BrNOS. The average molecular weight is 340 g/mol. The van der Waals surface area contributed by atoms with Crippen molar-refractivity contribution in [2.24, 2.45) is 0 Å². The molecule has 0 bridgehead atoms. The zero-order valence-electron chi connectivity index (χ0n) is 11.3. The van der Waals surface area contributed by atoms with E-state index < -0.39 is 11.0 Å². The Morgan fingerprint density at radius 1 is 1.05 bits per heavy atom. The summed E-state index contributed by atoms with van der Waals surface area (Å²) in [7, 11) is -1.22. The third kappa shape index (κ3) is 4.80. The average Bonchev–Trinajstić information content (AvgIpc) is 2.45. The first-order valence-electron chi connectivity index (χ1n) is 6.16. The van der Waals surface area contributed by atoms with Gasteiger partial charge in [0.2, 0.25) is 0 Å². The number of hydrogen-bond acceptors (Lipinski definition) is 1. The SMILES string of the molecule is CC.Cc1cc(Br)ccc1NS(=O)c1ccccc1. The Morgan fingerprint density at radius 2 is 1.68 bits per heavy atom. The maximum absolute atomic E-state index is 12.0. The van der Waals surface area contributed by atoms with Gasteiger partial charge in [-0.15, -0.1) is 0 Å². The standard InChI is InChI=1S/C13H12BrNOS.C2H6/c1-10-9-11(14)7-8-13(10)15-17(16)12-5-3-2-4-6-12;1-2/h2-9,15H,1H3;1-2H3. The Balaban J connectivity index is 0.000000861. The summed E-state index contributed by atoms with van der Waals surface area (Å²) >= 11 is 3.40. The van der Waals surface area contributed by atoms with E-state index in [1.807, 2.05) is 69.3 Å². The van der Waals surface area contributed by atoms with E-state index in [1.165, 1.54) is 0 Å². The molecule has 1 unspecified atom stereocenters. The Bertz CT molecular complexity index is 543. The molecule has 0 saturated carbocycles. The number of nitrogens with one attached hydrogen (secondary N) is 1. The number of benzene rings is 2. The predicted molar refractivity (Wildman–Crippen MR) is 86.7 cm³/mol. The van der Waals surface area contributed by atoms with Crippen LogP contribution in [0.5, 0.6) is 0 Å². The molecule has 102 valence electrons. The van der Waals surface area contributed by atoms with Gasteiger partial charge in [0.15, 0.2) is 0 Å². The highest BCUT2D eigenvalue weighted by Crippen LogP contribution is 2.21. The van der Waals surface area contributed by atoms with Crippen LogP contribution in [0.3, 0.4) is 0 Å². The van der Waals surface area contributed by atoms with Crippen LogP contribution in [-0.4, -0.2) is 4.21 Å². The second-order valence-electron chi connectivity index (χ2n) is 3.64.